The van der Waals surface area contributed by atoms with Gasteiger partial charge in [0.1, 0.15) is 0 Å². The summed E-state index contributed by atoms with van der Waals surface area (Å²) in [4.78, 5) is 2.28. The van der Waals surface area contributed by atoms with Gasteiger partial charge < -0.3 is 10.6 Å². The van der Waals surface area contributed by atoms with Gasteiger partial charge in [0, 0.05) is 11.7 Å². The van der Waals surface area contributed by atoms with Crippen LogP contribution in [0.2, 0.25) is 0 Å². The van der Waals surface area contributed by atoms with Crippen LogP contribution in [0.1, 0.15) is 12.5 Å². The Bertz CT molecular complexity index is 795. The molecule has 0 radical (unpaired) electrons. The minimum Gasteiger partial charge on any atom is -0.397 e. The van der Waals surface area contributed by atoms with E-state index in [0.717, 1.165) is 12.1 Å². The maximum atomic E-state index is 5.92. The van der Waals surface area contributed by atoms with Crippen molar-refractivity contribution < 1.29 is 4.63 Å². The highest BCUT2D eigenvalue weighted by molar-refractivity contribution is 5.97. The summed E-state index contributed by atoms with van der Waals surface area (Å²) in [5.74, 6) is 0. The molecule has 0 spiro atoms. The molecule has 1 aliphatic rings. The first-order valence-electron chi connectivity index (χ1n) is 6.63. The van der Waals surface area contributed by atoms with Crippen molar-refractivity contribution in [1.82, 2.24) is 10.3 Å². The molecule has 4 rings (SSSR count). The van der Waals surface area contributed by atoms with Gasteiger partial charge in [-0.25, -0.2) is 4.63 Å². The average molecular weight is 266 g/mol. The Kier molecular flexibility index (Phi) is 2.24. The third kappa shape index (κ3) is 1.43. The minimum absolute atomic E-state index is 0.371. The monoisotopic (exact) mass is 266 g/mol. The number of hydrogen-bond donors (Lipinski definition) is 1. The van der Waals surface area contributed by atoms with Crippen molar-refractivity contribution in [3.05, 3.63) is 42.0 Å². The predicted molar refractivity (Wildman–Crippen MR) is 78.0 cm³/mol. The SMILES string of the molecule is CC1Cc2ccccc2N1c1ccc(N)c2nonc12. The molecule has 0 saturated carbocycles. The van der Waals surface area contributed by atoms with E-state index in [4.69, 9.17) is 10.4 Å². The van der Waals surface area contributed by atoms with E-state index in [9.17, 15) is 0 Å². The normalized spacial score (nSPS) is 17.6. The molecule has 1 unspecified atom stereocenters. The van der Waals surface area contributed by atoms with Crippen LogP contribution in [0.25, 0.3) is 11.0 Å². The lowest BCUT2D eigenvalue weighted by Gasteiger charge is -2.25. The van der Waals surface area contributed by atoms with Gasteiger partial charge in [0.15, 0.2) is 11.0 Å². The Labute approximate surface area is 115 Å². The second-order valence-electron chi connectivity index (χ2n) is 5.19. The predicted octanol–water partition coefficient (Wildman–Crippen LogP) is 2.89. The number of nitrogens with two attached hydrogens (primary N) is 1. The van der Waals surface area contributed by atoms with Crippen LogP contribution in [0.15, 0.2) is 41.0 Å². The summed E-state index contributed by atoms with van der Waals surface area (Å²) in [5, 5.41) is 7.92. The van der Waals surface area contributed by atoms with Crippen LogP contribution in [0, 0.1) is 0 Å². The van der Waals surface area contributed by atoms with Gasteiger partial charge >= 0.3 is 0 Å². The highest BCUT2D eigenvalue weighted by atomic mass is 16.6. The van der Waals surface area contributed by atoms with Crippen molar-refractivity contribution in [2.24, 2.45) is 0 Å². The number of anilines is 3. The topological polar surface area (TPSA) is 68.2 Å². The molecular weight excluding hydrogens is 252 g/mol. The zero-order chi connectivity index (χ0) is 13.7. The zero-order valence-corrected chi connectivity index (χ0v) is 11.1. The van der Waals surface area contributed by atoms with Gasteiger partial charge in [-0.15, -0.1) is 0 Å². The van der Waals surface area contributed by atoms with Gasteiger partial charge in [0.2, 0.25) is 0 Å². The molecule has 1 atom stereocenters. The Morgan fingerprint density at radius 2 is 1.90 bits per heavy atom. The fourth-order valence-electron chi connectivity index (χ4n) is 3.00. The van der Waals surface area contributed by atoms with E-state index in [0.29, 0.717) is 22.8 Å². The van der Waals surface area contributed by atoms with Crippen molar-refractivity contribution in [1.29, 1.82) is 0 Å². The molecule has 100 valence electrons. The molecule has 1 aromatic heterocycles. The smallest absolute Gasteiger partial charge is 0.160 e. The van der Waals surface area contributed by atoms with Crippen LogP contribution < -0.4 is 10.6 Å². The molecule has 5 nitrogen and oxygen atoms in total. The molecule has 5 heteroatoms. The van der Waals surface area contributed by atoms with E-state index < -0.39 is 0 Å². The third-order valence-corrected chi connectivity index (χ3v) is 3.89. The first-order chi connectivity index (χ1) is 9.75. The maximum absolute atomic E-state index is 5.92. The number of benzene rings is 2. The van der Waals surface area contributed by atoms with Crippen molar-refractivity contribution in [2.75, 3.05) is 10.6 Å². The molecule has 2 aromatic carbocycles. The minimum atomic E-state index is 0.371. The van der Waals surface area contributed by atoms with Gasteiger partial charge in [-0.05, 0) is 47.4 Å². The molecule has 3 aromatic rings. The van der Waals surface area contributed by atoms with Crippen LogP contribution in [-0.4, -0.2) is 16.4 Å². The van der Waals surface area contributed by atoms with Crippen LogP contribution in [0.3, 0.4) is 0 Å². The van der Waals surface area contributed by atoms with Crippen molar-refractivity contribution >= 4 is 28.1 Å². The Balaban J connectivity index is 1.96. The van der Waals surface area contributed by atoms with Gasteiger partial charge in [-0.1, -0.05) is 18.2 Å². The van der Waals surface area contributed by atoms with E-state index in [2.05, 4.69) is 46.4 Å². The van der Waals surface area contributed by atoms with Crippen LogP contribution in [0.4, 0.5) is 17.1 Å². The zero-order valence-electron chi connectivity index (χ0n) is 11.1. The van der Waals surface area contributed by atoms with Crippen LogP contribution >= 0.6 is 0 Å². The quantitative estimate of drug-likeness (QED) is 0.686. The van der Waals surface area contributed by atoms with Crippen LogP contribution in [0.5, 0.6) is 0 Å². The molecule has 20 heavy (non-hydrogen) atoms. The number of nitrogen functional groups attached to an aromatic ring is 1. The molecule has 1 aliphatic heterocycles. The summed E-state index contributed by atoms with van der Waals surface area (Å²) in [6.45, 7) is 2.20. The molecule has 0 amide bonds. The Hall–Kier alpha value is -2.56. The van der Waals surface area contributed by atoms with E-state index >= 15 is 0 Å². The lowest BCUT2D eigenvalue weighted by atomic mass is 10.1. The number of nitrogens with zero attached hydrogens (tertiary/aromatic N) is 3. The number of hydrogen-bond acceptors (Lipinski definition) is 5. The van der Waals surface area contributed by atoms with Crippen molar-refractivity contribution in [3.8, 4) is 0 Å². The van der Waals surface area contributed by atoms with Gasteiger partial charge in [-0.3, -0.25) is 0 Å². The van der Waals surface area contributed by atoms with Gasteiger partial charge in [0.05, 0.1) is 11.4 Å². The molecular formula is C15H14N4O. The lowest BCUT2D eigenvalue weighted by Crippen LogP contribution is -2.24. The molecule has 0 aliphatic carbocycles. The summed E-state index contributed by atoms with van der Waals surface area (Å²) >= 11 is 0. The summed E-state index contributed by atoms with van der Waals surface area (Å²) in [6.07, 6.45) is 1.02. The number of rotatable bonds is 1. The molecule has 0 saturated heterocycles. The second-order valence-corrected chi connectivity index (χ2v) is 5.19. The molecule has 0 bridgehead atoms. The van der Waals surface area contributed by atoms with Gasteiger partial charge in [0.25, 0.3) is 0 Å². The lowest BCUT2D eigenvalue weighted by molar-refractivity contribution is 0.315. The van der Waals surface area contributed by atoms with E-state index in [1.807, 2.05) is 12.1 Å². The summed E-state index contributed by atoms with van der Waals surface area (Å²) in [6, 6.07) is 12.6. The number of para-hydroxylation sites is 1. The summed E-state index contributed by atoms with van der Waals surface area (Å²) in [7, 11) is 0. The molecule has 2 N–H and O–H groups in total. The van der Waals surface area contributed by atoms with E-state index in [-0.39, 0.29) is 0 Å². The summed E-state index contributed by atoms with van der Waals surface area (Å²) < 4.78 is 4.86. The van der Waals surface area contributed by atoms with E-state index in [1.54, 1.807) is 0 Å². The summed E-state index contributed by atoms with van der Waals surface area (Å²) in [5.41, 5.74) is 11.4. The van der Waals surface area contributed by atoms with Crippen molar-refractivity contribution in [3.63, 3.8) is 0 Å². The number of fused-ring (bicyclic) bond motifs is 2. The Morgan fingerprint density at radius 1 is 1.10 bits per heavy atom. The standard InChI is InChI=1S/C15H14N4O/c1-9-8-10-4-2-3-5-12(10)19(9)13-7-6-11(16)14-15(13)18-20-17-14/h2-7,9H,8,16H2,1H3. The first-order valence-corrected chi connectivity index (χ1v) is 6.63. The van der Waals surface area contributed by atoms with E-state index in [1.165, 1.54) is 11.3 Å². The average Bonchev–Trinajstić information content (AvgIpc) is 3.04. The largest absolute Gasteiger partial charge is 0.397 e. The number of aromatic nitrogens is 2. The van der Waals surface area contributed by atoms with Gasteiger partial charge in [-0.2, -0.15) is 0 Å². The fourth-order valence-corrected chi connectivity index (χ4v) is 3.00. The first kappa shape index (κ1) is 11.3. The maximum Gasteiger partial charge on any atom is 0.160 e. The second kappa shape index (κ2) is 3.96. The van der Waals surface area contributed by atoms with Crippen molar-refractivity contribution in [2.45, 2.75) is 19.4 Å². The van der Waals surface area contributed by atoms with Crippen LogP contribution in [-0.2, 0) is 6.42 Å². The molecule has 2 heterocycles. The third-order valence-electron chi connectivity index (χ3n) is 3.89. The Morgan fingerprint density at radius 3 is 2.80 bits per heavy atom. The highest BCUT2D eigenvalue weighted by Crippen LogP contribution is 2.41. The fraction of sp³-hybridized carbons (Fsp3) is 0.200. The molecule has 0 fully saturated rings. The highest BCUT2D eigenvalue weighted by Gasteiger charge is 2.29.